The minimum absolute atomic E-state index is 0.0344. The monoisotopic (exact) mass is 459 g/mol. The van der Waals surface area contributed by atoms with Crippen LogP contribution in [0.3, 0.4) is 0 Å². The van der Waals surface area contributed by atoms with Crippen molar-refractivity contribution >= 4 is 16.6 Å². The first-order valence-corrected chi connectivity index (χ1v) is 11.9. The van der Waals surface area contributed by atoms with Crippen LogP contribution in [-0.4, -0.2) is 16.6 Å². The lowest BCUT2D eigenvalue weighted by molar-refractivity contribution is 0.619. The van der Waals surface area contributed by atoms with Crippen molar-refractivity contribution in [3.8, 4) is 0 Å². The van der Waals surface area contributed by atoms with Gasteiger partial charge in [-0.05, 0) is 48.7 Å². The average molecular weight is 460 g/mol. The van der Waals surface area contributed by atoms with Crippen LogP contribution in [0.25, 0.3) is 10.9 Å². The third-order valence-electron chi connectivity index (χ3n) is 6.82. The van der Waals surface area contributed by atoms with Gasteiger partial charge in [-0.25, -0.2) is 4.98 Å². The molecular weight excluding hydrogens is 430 g/mol. The Labute approximate surface area is 206 Å². The molecule has 0 unspecified atom stereocenters. The quantitative estimate of drug-likeness (QED) is 0.289. The van der Waals surface area contributed by atoms with E-state index in [1.54, 1.807) is 0 Å². The minimum atomic E-state index is -0.258. The van der Waals surface area contributed by atoms with Crippen LogP contribution < -0.4 is 10.5 Å². The second-order valence-corrected chi connectivity index (χ2v) is 8.96. The Bertz CT molecular complexity index is 1460. The summed E-state index contributed by atoms with van der Waals surface area (Å²) in [5.41, 5.74) is 5.00. The molecule has 35 heavy (non-hydrogen) atoms. The van der Waals surface area contributed by atoms with E-state index in [0.29, 0.717) is 16.7 Å². The molecule has 0 aliphatic rings. The molecule has 0 bridgehead atoms. The number of nitrogens with zero attached hydrogens (tertiary/aromatic N) is 3. The summed E-state index contributed by atoms with van der Waals surface area (Å²) < 4.78 is 1.83. The van der Waals surface area contributed by atoms with Gasteiger partial charge in [-0.3, -0.25) is 9.36 Å². The van der Waals surface area contributed by atoms with E-state index >= 15 is 0 Å². The molecule has 5 aromatic rings. The second-order valence-electron chi connectivity index (χ2n) is 8.96. The van der Waals surface area contributed by atoms with Crippen LogP contribution >= 0.6 is 0 Å². The number of fused-ring (bicyclic) bond motifs is 1. The summed E-state index contributed by atoms with van der Waals surface area (Å²) in [4.78, 5) is 21.1. The number of aromatic nitrogens is 2. The minimum Gasteiger partial charge on any atom is -0.368 e. The summed E-state index contributed by atoms with van der Waals surface area (Å²) in [5.74, 6) is 0.693. The highest BCUT2D eigenvalue weighted by molar-refractivity contribution is 5.82. The van der Waals surface area contributed by atoms with Crippen molar-refractivity contribution in [2.45, 2.75) is 25.9 Å². The maximum Gasteiger partial charge on any atom is 0.262 e. The molecule has 1 heterocycles. The van der Waals surface area contributed by atoms with Crippen LogP contribution in [0, 0.1) is 6.92 Å². The predicted molar refractivity (Wildman–Crippen MR) is 144 cm³/mol. The molecule has 0 amide bonds. The van der Waals surface area contributed by atoms with Crippen LogP contribution in [0.15, 0.2) is 114 Å². The van der Waals surface area contributed by atoms with Gasteiger partial charge in [0.15, 0.2) is 0 Å². The van der Waals surface area contributed by atoms with Gasteiger partial charge in [-0.15, -0.1) is 0 Å². The van der Waals surface area contributed by atoms with Gasteiger partial charge < -0.3 is 4.90 Å². The Morgan fingerprint density at radius 1 is 0.743 bits per heavy atom. The van der Waals surface area contributed by atoms with Crippen LogP contribution in [0.2, 0.25) is 0 Å². The highest BCUT2D eigenvalue weighted by atomic mass is 16.1. The summed E-state index contributed by atoms with van der Waals surface area (Å²) in [6.45, 7) is 4.09. The first kappa shape index (κ1) is 22.6. The van der Waals surface area contributed by atoms with E-state index in [-0.39, 0.29) is 17.6 Å². The molecule has 5 rings (SSSR count). The standard InChI is InChI=1S/C31H29N3O/c1-22(24-13-7-4-8-14-24)33(3)27-19-20-29-28(21-27)31(35)34(23(2)32-29)30(25-15-9-5-10-16-25)26-17-11-6-12-18-26/h4-22,30H,1-3H3/t22-/m1/s1. The van der Waals surface area contributed by atoms with Gasteiger partial charge in [-0.1, -0.05) is 91.0 Å². The highest BCUT2D eigenvalue weighted by Crippen LogP contribution is 2.29. The van der Waals surface area contributed by atoms with Gasteiger partial charge in [-0.2, -0.15) is 0 Å². The Balaban J connectivity index is 1.66. The van der Waals surface area contributed by atoms with Crippen LogP contribution in [-0.2, 0) is 0 Å². The van der Waals surface area contributed by atoms with E-state index in [1.165, 1.54) is 5.56 Å². The molecule has 0 fully saturated rings. The summed E-state index contributed by atoms with van der Waals surface area (Å²) in [7, 11) is 2.07. The van der Waals surface area contributed by atoms with Crippen molar-refractivity contribution < 1.29 is 0 Å². The number of rotatable bonds is 6. The average Bonchev–Trinajstić information content (AvgIpc) is 2.91. The summed E-state index contributed by atoms with van der Waals surface area (Å²) >= 11 is 0. The fourth-order valence-corrected chi connectivity index (χ4v) is 4.76. The van der Waals surface area contributed by atoms with E-state index in [2.05, 4.69) is 67.4 Å². The Hall–Kier alpha value is -4.18. The fourth-order valence-electron chi connectivity index (χ4n) is 4.76. The molecule has 4 nitrogen and oxygen atoms in total. The van der Waals surface area contributed by atoms with Gasteiger partial charge in [0.1, 0.15) is 5.82 Å². The van der Waals surface area contributed by atoms with Crippen LogP contribution in [0.5, 0.6) is 0 Å². The van der Waals surface area contributed by atoms with Crippen LogP contribution in [0.1, 0.15) is 41.5 Å². The predicted octanol–water partition coefficient (Wildman–Crippen LogP) is 6.54. The Kier molecular flexibility index (Phi) is 6.19. The highest BCUT2D eigenvalue weighted by Gasteiger charge is 2.22. The third-order valence-corrected chi connectivity index (χ3v) is 6.82. The fraction of sp³-hybridized carbons (Fsp3) is 0.161. The molecule has 4 heteroatoms. The largest absolute Gasteiger partial charge is 0.368 e. The molecule has 1 aromatic heterocycles. The normalized spacial score (nSPS) is 12.1. The molecule has 0 N–H and O–H groups in total. The summed E-state index contributed by atoms with van der Waals surface area (Å²) in [5, 5.41) is 0.622. The summed E-state index contributed by atoms with van der Waals surface area (Å²) in [6.07, 6.45) is 0. The first-order valence-electron chi connectivity index (χ1n) is 11.9. The topological polar surface area (TPSA) is 38.1 Å². The smallest absolute Gasteiger partial charge is 0.262 e. The van der Waals surface area contributed by atoms with E-state index < -0.39 is 0 Å². The lowest BCUT2D eigenvalue weighted by atomic mass is 9.98. The number of hydrogen-bond donors (Lipinski definition) is 0. The lowest BCUT2D eigenvalue weighted by Gasteiger charge is -2.28. The van der Waals surface area contributed by atoms with Gasteiger partial charge in [0.05, 0.1) is 23.0 Å². The summed E-state index contributed by atoms with van der Waals surface area (Å²) in [6, 6.07) is 36.6. The van der Waals surface area contributed by atoms with Crippen molar-refractivity contribution in [3.63, 3.8) is 0 Å². The molecule has 0 radical (unpaired) electrons. The van der Waals surface area contributed by atoms with E-state index in [4.69, 9.17) is 4.98 Å². The lowest BCUT2D eigenvalue weighted by Crippen LogP contribution is -2.30. The Morgan fingerprint density at radius 2 is 1.26 bits per heavy atom. The molecule has 0 saturated heterocycles. The van der Waals surface area contributed by atoms with Crippen molar-refractivity contribution in [1.29, 1.82) is 0 Å². The second kappa shape index (κ2) is 9.59. The zero-order chi connectivity index (χ0) is 24.4. The molecule has 0 aliphatic heterocycles. The van der Waals surface area contributed by atoms with E-state index in [9.17, 15) is 4.79 Å². The first-order chi connectivity index (χ1) is 17.0. The zero-order valence-corrected chi connectivity index (χ0v) is 20.3. The zero-order valence-electron chi connectivity index (χ0n) is 20.3. The van der Waals surface area contributed by atoms with Crippen molar-refractivity contribution in [3.05, 3.63) is 142 Å². The van der Waals surface area contributed by atoms with Crippen molar-refractivity contribution in [2.75, 3.05) is 11.9 Å². The van der Waals surface area contributed by atoms with Gasteiger partial charge in [0.25, 0.3) is 5.56 Å². The number of aryl methyl sites for hydroxylation is 1. The van der Waals surface area contributed by atoms with E-state index in [0.717, 1.165) is 16.8 Å². The Morgan fingerprint density at radius 3 is 1.80 bits per heavy atom. The van der Waals surface area contributed by atoms with E-state index in [1.807, 2.05) is 72.2 Å². The van der Waals surface area contributed by atoms with Gasteiger partial charge in [0.2, 0.25) is 0 Å². The molecule has 0 saturated carbocycles. The maximum absolute atomic E-state index is 14.1. The van der Waals surface area contributed by atoms with Crippen molar-refractivity contribution in [1.82, 2.24) is 9.55 Å². The number of benzene rings is 4. The molecule has 4 aromatic carbocycles. The van der Waals surface area contributed by atoms with Gasteiger partial charge >= 0.3 is 0 Å². The molecule has 174 valence electrons. The third kappa shape index (κ3) is 4.35. The molecule has 0 aliphatic carbocycles. The van der Waals surface area contributed by atoms with Gasteiger partial charge in [0, 0.05) is 12.7 Å². The molecule has 1 atom stereocenters. The number of anilines is 1. The maximum atomic E-state index is 14.1. The van der Waals surface area contributed by atoms with Crippen molar-refractivity contribution in [2.24, 2.45) is 0 Å². The molecule has 0 spiro atoms. The number of hydrogen-bond acceptors (Lipinski definition) is 3. The van der Waals surface area contributed by atoms with Crippen LogP contribution in [0.4, 0.5) is 5.69 Å². The molecular formula is C31H29N3O. The SMILES string of the molecule is Cc1nc2ccc(N(C)[C@H](C)c3ccccc3)cc2c(=O)n1C(c1ccccc1)c1ccccc1.